The SMILES string of the molecule is Cn1c(SCC(=O)N2CCC[C@@H]2c2cccs2)nnc1N1CCOCC1. The first-order chi connectivity index (χ1) is 12.7. The maximum absolute atomic E-state index is 12.8. The van der Waals surface area contributed by atoms with Crippen LogP contribution in [0.3, 0.4) is 0 Å². The second-order valence-electron chi connectivity index (χ2n) is 6.49. The molecule has 9 heteroatoms. The molecule has 2 aromatic heterocycles. The molecule has 4 rings (SSSR count). The number of thioether (sulfide) groups is 1. The summed E-state index contributed by atoms with van der Waals surface area (Å²) in [6, 6.07) is 4.43. The minimum absolute atomic E-state index is 0.182. The molecule has 2 fully saturated rings. The maximum Gasteiger partial charge on any atom is 0.233 e. The Morgan fingerprint density at radius 1 is 1.35 bits per heavy atom. The number of thiophene rings is 1. The zero-order valence-electron chi connectivity index (χ0n) is 14.8. The Balaban J connectivity index is 1.38. The molecule has 0 aliphatic carbocycles. The van der Waals surface area contributed by atoms with Crippen molar-refractivity contribution < 1.29 is 9.53 Å². The van der Waals surface area contributed by atoms with Crippen LogP contribution in [0, 0.1) is 0 Å². The standard InChI is InChI=1S/C17H23N5O2S2/c1-20-16(21-7-9-24-10-8-21)18-19-17(20)26-12-15(23)22-6-2-4-13(22)14-5-3-11-25-14/h3,5,11,13H,2,4,6-10,12H2,1H3/t13-/m1/s1. The molecule has 2 saturated heterocycles. The van der Waals surface area contributed by atoms with E-state index in [0.29, 0.717) is 19.0 Å². The highest BCUT2D eigenvalue weighted by atomic mass is 32.2. The molecular formula is C17H23N5O2S2. The number of hydrogen-bond acceptors (Lipinski definition) is 7. The first-order valence-corrected chi connectivity index (χ1v) is 10.8. The van der Waals surface area contributed by atoms with Crippen molar-refractivity contribution in [1.82, 2.24) is 19.7 Å². The van der Waals surface area contributed by atoms with E-state index in [1.165, 1.54) is 16.6 Å². The number of amides is 1. The average Bonchev–Trinajstić information content (AvgIpc) is 3.41. The van der Waals surface area contributed by atoms with Gasteiger partial charge in [-0.25, -0.2) is 0 Å². The smallest absolute Gasteiger partial charge is 0.233 e. The molecule has 0 aromatic carbocycles. The number of rotatable bonds is 5. The highest BCUT2D eigenvalue weighted by molar-refractivity contribution is 7.99. The Hall–Kier alpha value is -1.58. The fraction of sp³-hybridized carbons (Fsp3) is 0.588. The Kier molecular flexibility index (Phi) is 5.46. The minimum Gasteiger partial charge on any atom is -0.378 e. The summed E-state index contributed by atoms with van der Waals surface area (Å²) >= 11 is 3.20. The van der Waals surface area contributed by atoms with Crippen LogP contribution < -0.4 is 4.90 Å². The molecule has 0 unspecified atom stereocenters. The van der Waals surface area contributed by atoms with E-state index in [1.807, 2.05) is 16.5 Å². The predicted molar refractivity (Wildman–Crippen MR) is 103 cm³/mol. The third kappa shape index (κ3) is 3.60. The van der Waals surface area contributed by atoms with Gasteiger partial charge in [0.25, 0.3) is 0 Å². The van der Waals surface area contributed by atoms with Crippen LogP contribution in [0.1, 0.15) is 23.8 Å². The van der Waals surface area contributed by atoms with Gasteiger partial charge in [-0.05, 0) is 24.3 Å². The summed E-state index contributed by atoms with van der Waals surface area (Å²) in [4.78, 5) is 18.3. The Morgan fingerprint density at radius 2 is 2.19 bits per heavy atom. The number of likely N-dealkylation sites (tertiary alicyclic amines) is 1. The van der Waals surface area contributed by atoms with Gasteiger partial charge >= 0.3 is 0 Å². The van der Waals surface area contributed by atoms with E-state index < -0.39 is 0 Å². The van der Waals surface area contributed by atoms with E-state index in [-0.39, 0.29) is 11.9 Å². The van der Waals surface area contributed by atoms with Crippen LogP contribution in [-0.4, -0.2) is 64.2 Å². The zero-order chi connectivity index (χ0) is 17.9. The van der Waals surface area contributed by atoms with Gasteiger partial charge in [-0.2, -0.15) is 0 Å². The summed E-state index contributed by atoms with van der Waals surface area (Å²) in [5.74, 6) is 1.43. The summed E-state index contributed by atoms with van der Waals surface area (Å²) in [5, 5.41) is 11.5. The number of anilines is 1. The lowest BCUT2D eigenvalue weighted by molar-refractivity contribution is -0.129. The summed E-state index contributed by atoms with van der Waals surface area (Å²) < 4.78 is 7.37. The molecule has 1 amide bonds. The van der Waals surface area contributed by atoms with Gasteiger partial charge in [-0.3, -0.25) is 9.36 Å². The van der Waals surface area contributed by atoms with Crippen LogP contribution in [0.4, 0.5) is 5.95 Å². The van der Waals surface area contributed by atoms with Crippen molar-refractivity contribution in [1.29, 1.82) is 0 Å². The molecule has 0 N–H and O–H groups in total. The molecule has 2 aromatic rings. The van der Waals surface area contributed by atoms with Crippen LogP contribution in [-0.2, 0) is 16.6 Å². The van der Waals surface area contributed by atoms with E-state index >= 15 is 0 Å². The van der Waals surface area contributed by atoms with Gasteiger partial charge in [0.2, 0.25) is 11.9 Å². The van der Waals surface area contributed by atoms with E-state index in [9.17, 15) is 4.79 Å². The topological polar surface area (TPSA) is 63.5 Å². The number of hydrogen-bond donors (Lipinski definition) is 0. The van der Waals surface area contributed by atoms with Crippen molar-refractivity contribution in [3.63, 3.8) is 0 Å². The van der Waals surface area contributed by atoms with Gasteiger partial charge < -0.3 is 14.5 Å². The van der Waals surface area contributed by atoms with Gasteiger partial charge in [-0.15, -0.1) is 21.5 Å². The molecule has 0 bridgehead atoms. The zero-order valence-corrected chi connectivity index (χ0v) is 16.5. The highest BCUT2D eigenvalue weighted by Crippen LogP contribution is 2.35. The van der Waals surface area contributed by atoms with Crippen LogP contribution in [0.2, 0.25) is 0 Å². The van der Waals surface area contributed by atoms with E-state index in [4.69, 9.17) is 4.74 Å². The van der Waals surface area contributed by atoms with E-state index in [2.05, 4.69) is 32.6 Å². The maximum atomic E-state index is 12.8. The van der Waals surface area contributed by atoms with E-state index in [1.54, 1.807) is 11.3 Å². The molecule has 140 valence electrons. The lowest BCUT2D eigenvalue weighted by Crippen LogP contribution is -2.37. The van der Waals surface area contributed by atoms with Crippen LogP contribution >= 0.6 is 23.1 Å². The number of carbonyl (C=O) groups is 1. The van der Waals surface area contributed by atoms with Crippen molar-refractivity contribution in [2.75, 3.05) is 43.5 Å². The summed E-state index contributed by atoms with van der Waals surface area (Å²) in [6.45, 7) is 3.93. The molecule has 2 aliphatic heterocycles. The first kappa shape index (κ1) is 17.8. The summed E-state index contributed by atoms with van der Waals surface area (Å²) in [7, 11) is 1.96. The van der Waals surface area contributed by atoms with Crippen molar-refractivity contribution in [3.8, 4) is 0 Å². The molecule has 7 nitrogen and oxygen atoms in total. The number of nitrogens with zero attached hydrogens (tertiary/aromatic N) is 5. The van der Waals surface area contributed by atoms with Crippen LogP contribution in [0.5, 0.6) is 0 Å². The third-order valence-corrected chi connectivity index (χ3v) is 6.85. The van der Waals surface area contributed by atoms with Gasteiger partial charge in [-0.1, -0.05) is 17.8 Å². The largest absolute Gasteiger partial charge is 0.378 e. The minimum atomic E-state index is 0.182. The van der Waals surface area contributed by atoms with Crippen molar-refractivity contribution in [2.24, 2.45) is 7.05 Å². The normalized spacial score (nSPS) is 20.7. The molecule has 0 spiro atoms. The van der Waals surface area contributed by atoms with Gasteiger partial charge in [0.05, 0.1) is 25.0 Å². The molecule has 0 radical (unpaired) electrons. The Labute approximate surface area is 161 Å². The summed E-state index contributed by atoms with van der Waals surface area (Å²) in [6.07, 6.45) is 2.13. The number of carbonyl (C=O) groups excluding carboxylic acids is 1. The van der Waals surface area contributed by atoms with Crippen LogP contribution in [0.25, 0.3) is 0 Å². The van der Waals surface area contributed by atoms with Crippen molar-refractivity contribution in [3.05, 3.63) is 22.4 Å². The molecule has 1 atom stereocenters. The summed E-state index contributed by atoms with van der Waals surface area (Å²) in [5.41, 5.74) is 0. The number of aromatic nitrogens is 3. The number of ether oxygens (including phenoxy) is 1. The number of morpholine rings is 1. The fourth-order valence-corrected chi connectivity index (χ4v) is 5.19. The predicted octanol–water partition coefficient (Wildman–Crippen LogP) is 2.17. The molecular weight excluding hydrogens is 370 g/mol. The van der Waals surface area contributed by atoms with Gasteiger partial charge in [0, 0.05) is 31.6 Å². The molecule has 26 heavy (non-hydrogen) atoms. The molecule has 2 aliphatic rings. The highest BCUT2D eigenvalue weighted by Gasteiger charge is 2.30. The first-order valence-electron chi connectivity index (χ1n) is 8.92. The van der Waals surface area contributed by atoms with Crippen molar-refractivity contribution >= 4 is 35.0 Å². The average molecular weight is 394 g/mol. The second kappa shape index (κ2) is 7.98. The lowest BCUT2D eigenvalue weighted by Gasteiger charge is -2.27. The third-order valence-electron chi connectivity index (χ3n) is 4.88. The lowest BCUT2D eigenvalue weighted by atomic mass is 10.2. The van der Waals surface area contributed by atoms with E-state index in [0.717, 1.165) is 43.6 Å². The Morgan fingerprint density at radius 3 is 2.96 bits per heavy atom. The second-order valence-corrected chi connectivity index (χ2v) is 8.41. The van der Waals surface area contributed by atoms with Crippen molar-refractivity contribution in [2.45, 2.75) is 24.0 Å². The quantitative estimate of drug-likeness (QED) is 0.726. The molecule has 0 saturated carbocycles. The van der Waals surface area contributed by atoms with Gasteiger partial charge in [0.15, 0.2) is 5.16 Å². The Bertz CT molecular complexity index is 742. The monoisotopic (exact) mass is 393 g/mol. The van der Waals surface area contributed by atoms with Gasteiger partial charge in [0.1, 0.15) is 0 Å². The fourth-order valence-electron chi connectivity index (χ4n) is 3.52. The van der Waals surface area contributed by atoms with Crippen LogP contribution in [0.15, 0.2) is 22.7 Å². The molecule has 4 heterocycles.